The van der Waals surface area contributed by atoms with Crippen molar-refractivity contribution in [2.45, 2.75) is 6.18 Å². The Bertz CT molecular complexity index is 681. The summed E-state index contributed by atoms with van der Waals surface area (Å²) in [5, 5.41) is 0. The minimum absolute atomic E-state index is 0.134. The molecule has 0 bridgehead atoms. The molecule has 2 aromatic carbocycles. The number of amides is 1. The van der Waals surface area contributed by atoms with E-state index >= 15 is 0 Å². The molecule has 0 aliphatic carbocycles. The molecule has 0 fully saturated rings. The first kappa shape index (κ1) is 14.9. The average Bonchev–Trinajstić information content (AvgIpc) is 2.45. The van der Waals surface area contributed by atoms with Crippen LogP contribution in [0.4, 0.5) is 13.2 Å². The number of carbonyl (C=O) groups is 1. The van der Waals surface area contributed by atoms with Gasteiger partial charge in [0.15, 0.2) is 0 Å². The van der Waals surface area contributed by atoms with Gasteiger partial charge in [-0.15, -0.1) is 0 Å². The highest BCUT2D eigenvalue weighted by Gasteiger charge is 2.31. The van der Waals surface area contributed by atoms with Gasteiger partial charge in [-0.2, -0.15) is 13.2 Å². The van der Waals surface area contributed by atoms with Crippen molar-refractivity contribution in [1.82, 2.24) is 0 Å². The zero-order valence-corrected chi connectivity index (χ0v) is 11.1. The lowest BCUT2D eigenvalue weighted by Crippen LogP contribution is -2.12. The van der Waals surface area contributed by atoms with Crippen molar-refractivity contribution in [2.75, 3.05) is 7.11 Å². The molecule has 0 heterocycles. The number of primary amides is 1. The highest BCUT2D eigenvalue weighted by atomic mass is 19.4. The first-order chi connectivity index (χ1) is 9.84. The largest absolute Gasteiger partial charge is 0.496 e. The molecule has 2 N–H and O–H groups in total. The van der Waals surface area contributed by atoms with Gasteiger partial charge in [-0.05, 0) is 29.8 Å². The Morgan fingerprint density at radius 3 is 2.33 bits per heavy atom. The van der Waals surface area contributed by atoms with E-state index in [-0.39, 0.29) is 16.9 Å². The van der Waals surface area contributed by atoms with Crippen molar-refractivity contribution in [3.05, 3.63) is 53.6 Å². The first-order valence-electron chi connectivity index (χ1n) is 5.99. The van der Waals surface area contributed by atoms with Gasteiger partial charge in [-0.1, -0.05) is 18.2 Å². The molecule has 0 saturated carbocycles. The Kier molecular flexibility index (Phi) is 3.88. The third-order valence-electron chi connectivity index (χ3n) is 3.01. The maximum absolute atomic E-state index is 12.8. The molecule has 0 atom stereocenters. The summed E-state index contributed by atoms with van der Waals surface area (Å²) in [5.41, 5.74) is 5.05. The Morgan fingerprint density at radius 2 is 1.76 bits per heavy atom. The van der Waals surface area contributed by atoms with Crippen LogP contribution in [0.25, 0.3) is 11.1 Å². The van der Waals surface area contributed by atoms with Crippen molar-refractivity contribution in [3.8, 4) is 16.9 Å². The van der Waals surface area contributed by atoms with Crippen LogP contribution in [0.1, 0.15) is 15.9 Å². The summed E-state index contributed by atoms with van der Waals surface area (Å²) in [6.45, 7) is 0. The van der Waals surface area contributed by atoms with Crippen LogP contribution in [0.3, 0.4) is 0 Å². The Labute approximate surface area is 119 Å². The summed E-state index contributed by atoms with van der Waals surface area (Å²) < 4.78 is 43.6. The Hall–Kier alpha value is -2.50. The van der Waals surface area contributed by atoms with Crippen LogP contribution in [0.15, 0.2) is 42.5 Å². The summed E-state index contributed by atoms with van der Waals surface area (Å²) in [6, 6.07) is 9.27. The van der Waals surface area contributed by atoms with E-state index in [1.165, 1.54) is 25.3 Å². The molecule has 0 aliphatic heterocycles. The minimum Gasteiger partial charge on any atom is -0.496 e. The zero-order valence-electron chi connectivity index (χ0n) is 11.1. The summed E-state index contributed by atoms with van der Waals surface area (Å²) in [4.78, 5) is 11.4. The number of alkyl halides is 3. The maximum atomic E-state index is 12.8. The Balaban J connectivity index is 2.70. The van der Waals surface area contributed by atoms with Gasteiger partial charge in [0.25, 0.3) is 0 Å². The van der Waals surface area contributed by atoms with Crippen LogP contribution in [-0.2, 0) is 6.18 Å². The van der Waals surface area contributed by atoms with Gasteiger partial charge in [0.1, 0.15) is 5.75 Å². The molecule has 0 spiro atoms. The number of nitrogens with two attached hydrogens (primary N) is 1. The molecular weight excluding hydrogens is 283 g/mol. The van der Waals surface area contributed by atoms with Crippen molar-refractivity contribution in [1.29, 1.82) is 0 Å². The van der Waals surface area contributed by atoms with Crippen LogP contribution in [0, 0.1) is 0 Å². The lowest BCUT2D eigenvalue weighted by Gasteiger charge is -2.14. The van der Waals surface area contributed by atoms with Gasteiger partial charge in [0.2, 0.25) is 5.91 Å². The van der Waals surface area contributed by atoms with Crippen molar-refractivity contribution in [2.24, 2.45) is 5.73 Å². The average molecular weight is 295 g/mol. The SMILES string of the molecule is COc1ccc(C(F)(F)F)cc1-c1ccccc1C(N)=O. The summed E-state index contributed by atoms with van der Waals surface area (Å²) in [5.74, 6) is -0.484. The second kappa shape index (κ2) is 5.47. The fraction of sp³-hybridized carbons (Fsp3) is 0.133. The number of hydrogen-bond donors (Lipinski definition) is 1. The molecule has 2 aromatic rings. The lowest BCUT2D eigenvalue weighted by atomic mass is 9.96. The smallest absolute Gasteiger partial charge is 0.416 e. The van der Waals surface area contributed by atoms with Gasteiger partial charge < -0.3 is 10.5 Å². The topological polar surface area (TPSA) is 52.3 Å². The van der Waals surface area contributed by atoms with Gasteiger partial charge in [-0.25, -0.2) is 0 Å². The van der Waals surface area contributed by atoms with Gasteiger partial charge in [-0.3, -0.25) is 4.79 Å². The molecule has 21 heavy (non-hydrogen) atoms. The van der Waals surface area contributed by atoms with E-state index in [0.29, 0.717) is 5.56 Å². The number of rotatable bonds is 3. The molecule has 0 aromatic heterocycles. The van der Waals surface area contributed by atoms with E-state index in [4.69, 9.17) is 10.5 Å². The standard InChI is InChI=1S/C15H12F3NO2/c1-21-13-7-6-9(15(16,17)18)8-12(13)10-4-2-3-5-11(10)14(19)20/h2-8H,1H3,(H2,19,20). The number of carbonyl (C=O) groups excluding carboxylic acids is 1. The van der Waals surface area contributed by atoms with E-state index in [1.54, 1.807) is 12.1 Å². The Morgan fingerprint density at radius 1 is 1.10 bits per heavy atom. The molecule has 2 rings (SSSR count). The number of benzene rings is 2. The third kappa shape index (κ3) is 2.99. The van der Waals surface area contributed by atoms with E-state index in [1.807, 2.05) is 0 Å². The summed E-state index contributed by atoms with van der Waals surface area (Å²) in [6.07, 6.45) is -4.48. The lowest BCUT2D eigenvalue weighted by molar-refractivity contribution is -0.137. The highest BCUT2D eigenvalue weighted by Crippen LogP contribution is 2.38. The minimum atomic E-state index is -4.48. The number of ether oxygens (including phenoxy) is 1. The van der Waals surface area contributed by atoms with Gasteiger partial charge in [0, 0.05) is 11.1 Å². The molecule has 3 nitrogen and oxygen atoms in total. The van der Waals surface area contributed by atoms with Crippen LogP contribution >= 0.6 is 0 Å². The normalized spacial score (nSPS) is 11.2. The molecule has 0 unspecified atom stereocenters. The van der Waals surface area contributed by atoms with E-state index < -0.39 is 17.6 Å². The second-order valence-electron chi connectivity index (χ2n) is 4.32. The summed E-state index contributed by atoms with van der Waals surface area (Å²) >= 11 is 0. The van der Waals surface area contributed by atoms with E-state index in [9.17, 15) is 18.0 Å². The number of halogens is 3. The third-order valence-corrected chi connectivity index (χ3v) is 3.01. The molecule has 0 radical (unpaired) electrons. The van der Waals surface area contributed by atoms with Crippen LogP contribution < -0.4 is 10.5 Å². The fourth-order valence-electron chi connectivity index (χ4n) is 2.03. The zero-order chi connectivity index (χ0) is 15.6. The van der Waals surface area contributed by atoms with Crippen LogP contribution in [0.5, 0.6) is 5.75 Å². The monoisotopic (exact) mass is 295 g/mol. The van der Waals surface area contributed by atoms with Crippen molar-refractivity contribution in [3.63, 3.8) is 0 Å². The maximum Gasteiger partial charge on any atom is 0.416 e. The first-order valence-corrected chi connectivity index (χ1v) is 5.99. The molecule has 0 aliphatic rings. The quantitative estimate of drug-likeness (QED) is 0.942. The van der Waals surface area contributed by atoms with E-state index in [0.717, 1.165) is 12.1 Å². The van der Waals surface area contributed by atoms with E-state index in [2.05, 4.69) is 0 Å². The fourth-order valence-corrected chi connectivity index (χ4v) is 2.03. The molecular formula is C15H12F3NO2. The van der Waals surface area contributed by atoms with Gasteiger partial charge in [0.05, 0.1) is 12.7 Å². The van der Waals surface area contributed by atoms with Crippen molar-refractivity contribution >= 4 is 5.91 Å². The van der Waals surface area contributed by atoms with Gasteiger partial charge >= 0.3 is 6.18 Å². The molecule has 0 saturated heterocycles. The van der Waals surface area contributed by atoms with Crippen molar-refractivity contribution < 1.29 is 22.7 Å². The number of hydrogen-bond acceptors (Lipinski definition) is 2. The predicted molar refractivity (Wildman–Crippen MR) is 71.9 cm³/mol. The van der Waals surface area contributed by atoms with Crippen LogP contribution in [0.2, 0.25) is 0 Å². The highest BCUT2D eigenvalue weighted by molar-refractivity contribution is 6.00. The predicted octanol–water partition coefficient (Wildman–Crippen LogP) is 3.48. The molecule has 1 amide bonds. The molecule has 6 heteroatoms. The molecule has 110 valence electrons. The second-order valence-corrected chi connectivity index (χ2v) is 4.32. The van der Waals surface area contributed by atoms with Crippen LogP contribution in [-0.4, -0.2) is 13.0 Å². The number of methoxy groups -OCH3 is 1. The summed E-state index contributed by atoms with van der Waals surface area (Å²) in [7, 11) is 1.35.